The fraction of sp³-hybridized carbons (Fsp3) is 0.381. The van der Waals surface area contributed by atoms with Crippen molar-refractivity contribution in [3.8, 4) is 0 Å². The van der Waals surface area contributed by atoms with Crippen molar-refractivity contribution in [1.29, 1.82) is 0 Å². The molecule has 0 spiro atoms. The lowest BCUT2D eigenvalue weighted by atomic mass is 9.96. The Bertz CT molecular complexity index is 699. The molecule has 1 aliphatic heterocycles. The van der Waals surface area contributed by atoms with Gasteiger partial charge in [-0.3, -0.25) is 4.90 Å². The molecule has 2 aromatic rings. The minimum atomic E-state index is -0.118. The first-order chi connectivity index (χ1) is 12.7. The van der Waals surface area contributed by atoms with E-state index >= 15 is 0 Å². The quantitative estimate of drug-likeness (QED) is 0.740. The minimum Gasteiger partial charge on any atom is -0.338 e. The Morgan fingerprint density at radius 2 is 1.77 bits per heavy atom. The van der Waals surface area contributed by atoms with E-state index in [4.69, 9.17) is 0 Å². The number of nitrogens with one attached hydrogen (secondary N) is 2. The molecule has 0 bridgehead atoms. The van der Waals surface area contributed by atoms with Gasteiger partial charge in [0.25, 0.3) is 0 Å². The van der Waals surface area contributed by atoms with E-state index in [0.29, 0.717) is 5.92 Å². The first kappa shape index (κ1) is 18.8. The zero-order chi connectivity index (χ0) is 18.2. The molecular weight excluding hydrogens is 342 g/mol. The number of hydrogen-bond acceptors (Lipinski definition) is 3. The Labute approximate surface area is 160 Å². The zero-order valence-electron chi connectivity index (χ0n) is 15.3. The second-order valence-corrected chi connectivity index (χ2v) is 7.58. The van der Waals surface area contributed by atoms with E-state index < -0.39 is 0 Å². The van der Waals surface area contributed by atoms with Gasteiger partial charge in [0.05, 0.1) is 0 Å². The molecular formula is C21H27N3OS. The van der Waals surface area contributed by atoms with Gasteiger partial charge in [0.1, 0.15) is 0 Å². The second kappa shape index (κ2) is 9.64. The Morgan fingerprint density at radius 1 is 1.08 bits per heavy atom. The third-order valence-electron chi connectivity index (χ3n) is 4.88. The summed E-state index contributed by atoms with van der Waals surface area (Å²) in [5.41, 5.74) is 2.24. The van der Waals surface area contributed by atoms with Gasteiger partial charge >= 0.3 is 6.03 Å². The van der Waals surface area contributed by atoms with E-state index in [9.17, 15) is 4.79 Å². The number of nitrogens with zero attached hydrogens (tertiary/aromatic N) is 1. The first-order valence-electron chi connectivity index (χ1n) is 9.19. The van der Waals surface area contributed by atoms with E-state index in [1.165, 1.54) is 10.5 Å². The van der Waals surface area contributed by atoms with E-state index in [-0.39, 0.29) is 6.03 Å². The molecule has 4 nitrogen and oxygen atoms in total. The van der Waals surface area contributed by atoms with Crippen LogP contribution in [-0.4, -0.2) is 36.8 Å². The fourth-order valence-electron chi connectivity index (χ4n) is 3.36. The average Bonchev–Trinajstić information content (AvgIpc) is 2.69. The van der Waals surface area contributed by atoms with Crippen LogP contribution in [0.25, 0.3) is 0 Å². The Hall–Kier alpha value is -1.98. The summed E-state index contributed by atoms with van der Waals surface area (Å²) in [5, 5.41) is 5.88. The van der Waals surface area contributed by atoms with Crippen LogP contribution in [0.15, 0.2) is 59.5 Å². The molecule has 0 aliphatic carbocycles. The van der Waals surface area contributed by atoms with Crippen molar-refractivity contribution >= 4 is 23.5 Å². The number of likely N-dealkylation sites (tertiary alicyclic amines) is 1. The van der Waals surface area contributed by atoms with Crippen LogP contribution < -0.4 is 10.6 Å². The largest absolute Gasteiger partial charge is 0.338 e. The number of para-hydroxylation sites is 1. The average molecular weight is 370 g/mol. The van der Waals surface area contributed by atoms with Crippen LogP contribution in [0.1, 0.15) is 18.4 Å². The maximum Gasteiger partial charge on any atom is 0.319 e. The summed E-state index contributed by atoms with van der Waals surface area (Å²) in [6, 6.07) is 18.1. The summed E-state index contributed by atoms with van der Waals surface area (Å²) in [4.78, 5) is 15.9. The summed E-state index contributed by atoms with van der Waals surface area (Å²) in [6.07, 6.45) is 4.40. The molecule has 3 rings (SSSR count). The SMILES string of the molecule is CSc1ccccc1CN1CCC(CNC(=O)Nc2ccccc2)CC1. The standard InChI is InChI=1S/C21H27N3OS/c1-26-20-10-6-5-7-18(20)16-24-13-11-17(12-14-24)15-22-21(25)23-19-8-3-2-4-9-19/h2-10,17H,11-16H2,1H3,(H2,22,23,25). The van der Waals surface area contributed by atoms with Crippen LogP contribution in [0, 0.1) is 5.92 Å². The molecule has 1 aliphatic rings. The van der Waals surface area contributed by atoms with E-state index in [0.717, 1.165) is 44.7 Å². The molecule has 2 aromatic carbocycles. The third kappa shape index (κ3) is 5.51. The highest BCUT2D eigenvalue weighted by molar-refractivity contribution is 7.98. The topological polar surface area (TPSA) is 44.4 Å². The molecule has 0 atom stereocenters. The van der Waals surface area contributed by atoms with Gasteiger partial charge in [-0.25, -0.2) is 4.79 Å². The number of urea groups is 1. The molecule has 138 valence electrons. The number of carbonyl (C=O) groups excluding carboxylic acids is 1. The predicted octanol–water partition coefficient (Wildman–Crippen LogP) is 4.44. The molecule has 0 unspecified atom stereocenters. The van der Waals surface area contributed by atoms with Gasteiger partial charge in [0.2, 0.25) is 0 Å². The van der Waals surface area contributed by atoms with Crippen LogP contribution in [0.2, 0.25) is 0 Å². The smallest absolute Gasteiger partial charge is 0.319 e. The first-order valence-corrected chi connectivity index (χ1v) is 10.4. The molecule has 0 saturated carbocycles. The second-order valence-electron chi connectivity index (χ2n) is 6.73. The number of piperidine rings is 1. The normalized spacial score (nSPS) is 15.6. The number of amides is 2. The van der Waals surface area contributed by atoms with E-state index in [2.05, 4.69) is 46.1 Å². The number of rotatable bonds is 6. The highest BCUT2D eigenvalue weighted by atomic mass is 32.2. The molecule has 5 heteroatoms. The van der Waals surface area contributed by atoms with Gasteiger partial charge in [0, 0.05) is 23.7 Å². The van der Waals surface area contributed by atoms with Gasteiger partial charge in [0.15, 0.2) is 0 Å². The van der Waals surface area contributed by atoms with Crippen LogP contribution in [-0.2, 0) is 6.54 Å². The molecule has 2 N–H and O–H groups in total. The third-order valence-corrected chi connectivity index (χ3v) is 5.71. The lowest BCUT2D eigenvalue weighted by Gasteiger charge is -2.32. The highest BCUT2D eigenvalue weighted by Crippen LogP contribution is 2.24. The molecule has 1 fully saturated rings. The van der Waals surface area contributed by atoms with Crippen molar-refractivity contribution in [3.05, 3.63) is 60.2 Å². The van der Waals surface area contributed by atoms with Crippen LogP contribution in [0.3, 0.4) is 0 Å². The summed E-state index contributed by atoms with van der Waals surface area (Å²) in [5.74, 6) is 0.559. The molecule has 0 radical (unpaired) electrons. The number of anilines is 1. The van der Waals surface area contributed by atoms with Crippen molar-refractivity contribution in [1.82, 2.24) is 10.2 Å². The highest BCUT2D eigenvalue weighted by Gasteiger charge is 2.20. The number of hydrogen-bond donors (Lipinski definition) is 2. The van der Waals surface area contributed by atoms with Crippen LogP contribution >= 0.6 is 11.8 Å². The lowest BCUT2D eigenvalue weighted by molar-refractivity contribution is 0.175. The fourth-order valence-corrected chi connectivity index (χ4v) is 3.97. The maximum atomic E-state index is 12.0. The van der Waals surface area contributed by atoms with Crippen molar-refractivity contribution in [2.45, 2.75) is 24.3 Å². The van der Waals surface area contributed by atoms with Gasteiger partial charge in [-0.2, -0.15) is 0 Å². The zero-order valence-corrected chi connectivity index (χ0v) is 16.1. The Balaban J connectivity index is 1.39. The Kier molecular flexibility index (Phi) is 6.97. The van der Waals surface area contributed by atoms with Crippen molar-refractivity contribution < 1.29 is 4.79 Å². The molecule has 26 heavy (non-hydrogen) atoms. The van der Waals surface area contributed by atoms with Gasteiger partial charge < -0.3 is 10.6 Å². The molecule has 2 amide bonds. The van der Waals surface area contributed by atoms with Gasteiger partial charge in [-0.05, 0) is 61.9 Å². The van der Waals surface area contributed by atoms with Crippen molar-refractivity contribution in [2.75, 3.05) is 31.2 Å². The molecule has 0 aromatic heterocycles. The van der Waals surface area contributed by atoms with E-state index in [1.807, 2.05) is 42.1 Å². The molecule has 1 saturated heterocycles. The number of benzene rings is 2. The summed E-state index contributed by atoms with van der Waals surface area (Å²) in [6.45, 7) is 3.95. The van der Waals surface area contributed by atoms with Crippen LogP contribution in [0.5, 0.6) is 0 Å². The Morgan fingerprint density at radius 3 is 2.50 bits per heavy atom. The molecule has 1 heterocycles. The maximum absolute atomic E-state index is 12.0. The lowest BCUT2D eigenvalue weighted by Crippen LogP contribution is -2.39. The van der Waals surface area contributed by atoms with Crippen molar-refractivity contribution in [2.24, 2.45) is 5.92 Å². The monoisotopic (exact) mass is 369 g/mol. The number of thioether (sulfide) groups is 1. The van der Waals surface area contributed by atoms with Crippen LogP contribution in [0.4, 0.5) is 10.5 Å². The summed E-state index contributed by atoms with van der Waals surface area (Å²) >= 11 is 1.82. The minimum absolute atomic E-state index is 0.118. The van der Waals surface area contributed by atoms with E-state index in [1.54, 1.807) is 0 Å². The summed E-state index contributed by atoms with van der Waals surface area (Å²) in [7, 11) is 0. The van der Waals surface area contributed by atoms with Gasteiger partial charge in [-0.1, -0.05) is 36.4 Å². The predicted molar refractivity (Wildman–Crippen MR) is 110 cm³/mol. The number of carbonyl (C=O) groups is 1. The summed E-state index contributed by atoms with van der Waals surface area (Å²) < 4.78 is 0. The van der Waals surface area contributed by atoms with Gasteiger partial charge in [-0.15, -0.1) is 11.8 Å². The van der Waals surface area contributed by atoms with Crippen molar-refractivity contribution in [3.63, 3.8) is 0 Å².